The van der Waals surface area contributed by atoms with E-state index in [0.717, 1.165) is 6.07 Å². The van der Waals surface area contributed by atoms with E-state index in [0.29, 0.717) is 5.56 Å². The minimum atomic E-state index is -4.08. The van der Waals surface area contributed by atoms with Gasteiger partial charge in [0.25, 0.3) is 10.0 Å². The van der Waals surface area contributed by atoms with Crippen molar-refractivity contribution < 1.29 is 25.3 Å². The number of hydrogen-bond donors (Lipinski definition) is 1. The van der Waals surface area contributed by atoms with Gasteiger partial charge in [0.1, 0.15) is 0 Å². The molecule has 8 nitrogen and oxygen atoms in total. The molecule has 1 aliphatic rings. The molecular weight excluding hydrogens is 424 g/mol. The molecule has 148 valence electrons. The Morgan fingerprint density at radius 3 is 2.21 bits per heavy atom. The second-order valence-corrected chi connectivity index (χ2v) is 12.5. The fourth-order valence-electron chi connectivity index (χ4n) is 2.84. The maximum atomic E-state index is 12.7. The zero-order chi connectivity index (χ0) is 20.6. The number of hydrogen-bond acceptors (Lipinski definition) is 7. The number of benzene rings is 2. The molecule has 28 heavy (non-hydrogen) atoms. The second-order valence-electron chi connectivity index (χ2n) is 6.34. The van der Waals surface area contributed by atoms with Gasteiger partial charge >= 0.3 is 0 Å². The van der Waals surface area contributed by atoms with Crippen molar-refractivity contribution >= 4 is 35.4 Å². The lowest BCUT2D eigenvalue weighted by Gasteiger charge is -2.12. The van der Waals surface area contributed by atoms with Crippen LogP contribution in [0.1, 0.15) is 12.0 Å². The Morgan fingerprint density at radius 2 is 1.64 bits per heavy atom. The van der Waals surface area contributed by atoms with E-state index in [1.54, 1.807) is 0 Å². The Labute approximate surface area is 163 Å². The van der Waals surface area contributed by atoms with Crippen LogP contribution >= 0.6 is 0 Å². The summed E-state index contributed by atoms with van der Waals surface area (Å²) in [5.74, 6) is -0.662. The molecule has 0 saturated carbocycles. The third-order valence-corrected chi connectivity index (χ3v) is 9.89. The molecule has 0 radical (unpaired) electrons. The van der Waals surface area contributed by atoms with E-state index < -0.39 is 40.7 Å². The number of sulfone groups is 2. The molecule has 11 heteroatoms. The van der Waals surface area contributed by atoms with Crippen LogP contribution in [0, 0.1) is 11.3 Å². The lowest BCUT2D eigenvalue weighted by atomic mass is 10.2. The molecule has 1 aliphatic heterocycles. The highest BCUT2D eigenvalue weighted by Crippen LogP contribution is 2.27. The van der Waals surface area contributed by atoms with E-state index in [4.69, 9.17) is 5.26 Å². The molecule has 3 rings (SSSR count). The Balaban J connectivity index is 1.90. The zero-order valence-electron chi connectivity index (χ0n) is 14.4. The molecule has 2 aromatic carbocycles. The molecular formula is C17H16N2O6S3. The van der Waals surface area contributed by atoms with Gasteiger partial charge < -0.3 is 0 Å². The Bertz CT molecular complexity index is 1260. The quantitative estimate of drug-likeness (QED) is 0.740. The van der Waals surface area contributed by atoms with Crippen LogP contribution in [0.4, 0.5) is 5.69 Å². The fraction of sp³-hybridized carbons (Fsp3) is 0.235. The maximum Gasteiger partial charge on any atom is 0.261 e. The van der Waals surface area contributed by atoms with Gasteiger partial charge in [0.2, 0.25) is 0 Å². The van der Waals surface area contributed by atoms with Crippen LogP contribution < -0.4 is 4.72 Å². The maximum absolute atomic E-state index is 12.7. The molecule has 0 aliphatic carbocycles. The van der Waals surface area contributed by atoms with Crippen LogP contribution in [-0.2, 0) is 29.7 Å². The smallest absolute Gasteiger partial charge is 0.261 e. The minimum Gasteiger partial charge on any atom is -0.280 e. The summed E-state index contributed by atoms with van der Waals surface area (Å²) in [5, 5.41) is 7.70. The molecule has 1 N–H and O–H groups in total. The Kier molecular flexibility index (Phi) is 5.22. The summed E-state index contributed by atoms with van der Waals surface area (Å²) in [4.78, 5) is -0.504. The van der Waals surface area contributed by atoms with Gasteiger partial charge in [-0.1, -0.05) is 6.07 Å². The van der Waals surface area contributed by atoms with E-state index in [-0.39, 0.29) is 27.7 Å². The highest BCUT2D eigenvalue weighted by Gasteiger charge is 2.38. The summed E-state index contributed by atoms with van der Waals surface area (Å²) in [5.41, 5.74) is 0.580. The third kappa shape index (κ3) is 4.19. The lowest BCUT2D eigenvalue weighted by molar-refractivity contribution is 0.582. The zero-order valence-corrected chi connectivity index (χ0v) is 16.9. The summed E-state index contributed by atoms with van der Waals surface area (Å²) in [6.45, 7) is 0. The second kappa shape index (κ2) is 7.20. The summed E-state index contributed by atoms with van der Waals surface area (Å²) < 4.78 is 76.2. The molecule has 0 aromatic heterocycles. The SMILES string of the molecule is N#Cc1ccc(NS(=O)(=O)c2cccc(S(=O)(=O)[C@H]3CCS(=O)(=O)C3)c2)cc1. The van der Waals surface area contributed by atoms with E-state index in [9.17, 15) is 25.3 Å². The average Bonchev–Trinajstić information content (AvgIpc) is 3.03. The largest absolute Gasteiger partial charge is 0.280 e. The van der Waals surface area contributed by atoms with Crippen molar-refractivity contribution in [2.75, 3.05) is 16.2 Å². The van der Waals surface area contributed by atoms with Gasteiger partial charge in [-0.3, -0.25) is 4.72 Å². The normalized spacial score (nSPS) is 19.0. The Hall–Kier alpha value is -2.42. The van der Waals surface area contributed by atoms with E-state index >= 15 is 0 Å². The summed E-state index contributed by atoms with van der Waals surface area (Å²) in [6, 6.07) is 12.5. The van der Waals surface area contributed by atoms with Crippen molar-refractivity contribution in [3.8, 4) is 6.07 Å². The van der Waals surface area contributed by atoms with Gasteiger partial charge in [0.05, 0.1) is 38.2 Å². The van der Waals surface area contributed by atoms with E-state index in [1.807, 2.05) is 6.07 Å². The van der Waals surface area contributed by atoms with Crippen molar-refractivity contribution in [1.29, 1.82) is 5.26 Å². The molecule has 1 heterocycles. The van der Waals surface area contributed by atoms with Gasteiger partial charge in [-0.25, -0.2) is 25.3 Å². The summed E-state index contributed by atoms with van der Waals surface area (Å²) in [7, 11) is -11.5. The van der Waals surface area contributed by atoms with E-state index in [2.05, 4.69) is 4.72 Å². The van der Waals surface area contributed by atoms with Crippen LogP contribution in [0.3, 0.4) is 0 Å². The van der Waals surface area contributed by atoms with Crippen molar-refractivity contribution in [3.63, 3.8) is 0 Å². The number of anilines is 1. The Morgan fingerprint density at radius 1 is 1.00 bits per heavy atom. The molecule has 0 bridgehead atoms. The average molecular weight is 441 g/mol. The number of nitriles is 1. The van der Waals surface area contributed by atoms with Gasteiger partial charge in [0.15, 0.2) is 19.7 Å². The van der Waals surface area contributed by atoms with Gasteiger partial charge in [-0.15, -0.1) is 0 Å². The number of rotatable bonds is 5. The van der Waals surface area contributed by atoms with Crippen molar-refractivity contribution in [2.45, 2.75) is 21.5 Å². The lowest BCUT2D eigenvalue weighted by Crippen LogP contribution is -2.23. The molecule has 0 amide bonds. The summed E-state index contributed by atoms with van der Waals surface area (Å²) >= 11 is 0. The monoisotopic (exact) mass is 440 g/mol. The molecule has 2 aromatic rings. The predicted octanol–water partition coefficient (Wildman–Crippen LogP) is 1.32. The van der Waals surface area contributed by atoms with Crippen LogP contribution in [0.2, 0.25) is 0 Å². The van der Waals surface area contributed by atoms with Crippen LogP contribution in [-0.4, -0.2) is 42.0 Å². The highest BCUT2D eigenvalue weighted by atomic mass is 32.2. The van der Waals surface area contributed by atoms with Gasteiger partial charge in [-0.05, 0) is 48.9 Å². The molecule has 1 fully saturated rings. The van der Waals surface area contributed by atoms with Crippen LogP contribution in [0.15, 0.2) is 58.3 Å². The fourth-order valence-corrected chi connectivity index (χ4v) is 8.43. The molecule has 0 spiro atoms. The standard InChI is InChI=1S/C17H16N2O6S3/c18-11-13-4-6-14(7-5-13)19-28(24,25)16-3-1-2-15(10-16)27(22,23)17-8-9-26(20,21)12-17/h1-7,10,17,19H,8-9,12H2/t17-/m0/s1. The predicted molar refractivity (Wildman–Crippen MR) is 103 cm³/mol. The topological polar surface area (TPSA) is 138 Å². The van der Waals surface area contributed by atoms with Crippen LogP contribution in [0.5, 0.6) is 0 Å². The molecule has 1 saturated heterocycles. The van der Waals surface area contributed by atoms with E-state index in [1.165, 1.54) is 42.5 Å². The van der Waals surface area contributed by atoms with Gasteiger partial charge in [-0.2, -0.15) is 5.26 Å². The number of nitrogens with zero attached hydrogens (tertiary/aromatic N) is 1. The minimum absolute atomic E-state index is 0.00879. The van der Waals surface area contributed by atoms with Crippen molar-refractivity contribution in [3.05, 3.63) is 54.1 Å². The molecule has 0 unspecified atom stereocenters. The number of nitrogens with one attached hydrogen (secondary N) is 1. The summed E-state index contributed by atoms with van der Waals surface area (Å²) in [6.07, 6.45) is -0.00879. The number of sulfonamides is 1. The highest BCUT2D eigenvalue weighted by molar-refractivity contribution is 7.96. The first-order valence-corrected chi connectivity index (χ1v) is 13.0. The van der Waals surface area contributed by atoms with Crippen molar-refractivity contribution in [1.82, 2.24) is 0 Å². The van der Waals surface area contributed by atoms with Crippen molar-refractivity contribution in [2.24, 2.45) is 0 Å². The first-order valence-electron chi connectivity index (χ1n) is 8.11. The third-order valence-electron chi connectivity index (χ3n) is 4.34. The first-order chi connectivity index (χ1) is 13.0. The molecule has 1 atom stereocenters. The van der Waals surface area contributed by atoms with Gasteiger partial charge in [0, 0.05) is 5.69 Å². The van der Waals surface area contributed by atoms with Crippen LogP contribution in [0.25, 0.3) is 0 Å². The first kappa shape index (κ1) is 20.3.